The lowest BCUT2D eigenvalue weighted by Crippen LogP contribution is -2.50. The van der Waals surface area contributed by atoms with Crippen LogP contribution in [0.4, 0.5) is 0 Å². The zero-order valence-electron chi connectivity index (χ0n) is 14.2. The van der Waals surface area contributed by atoms with Crippen LogP contribution in [0, 0.1) is 0 Å². The molecule has 0 saturated heterocycles. The quantitative estimate of drug-likeness (QED) is 0.695. The van der Waals surface area contributed by atoms with Crippen molar-refractivity contribution in [3.8, 4) is 0 Å². The normalized spacial score (nSPS) is 21.3. The van der Waals surface area contributed by atoms with E-state index in [1.165, 1.54) is 0 Å². The number of hydrogen-bond donors (Lipinski definition) is 3. The number of sulfonamides is 1. The maximum atomic E-state index is 12.5. The molecule has 4 rings (SSSR count). The number of rotatable bonds is 3. The molecule has 0 spiro atoms. The Hall–Kier alpha value is -2.23. The molecule has 0 fully saturated rings. The summed E-state index contributed by atoms with van der Waals surface area (Å²) in [4.78, 5) is 12.7. The number of carbonyl (C=O) groups excluding carboxylic acids is 1. The van der Waals surface area contributed by atoms with Crippen molar-refractivity contribution in [2.75, 3.05) is 6.54 Å². The SMILES string of the molecule is O=C(NCc1cc2n(n1)CCCNC2)C1Cc2ccccc2S(=O)(=O)N1. The van der Waals surface area contributed by atoms with E-state index in [2.05, 4.69) is 20.5 Å². The number of nitrogens with one attached hydrogen (secondary N) is 3. The van der Waals surface area contributed by atoms with Crippen LogP contribution in [0.5, 0.6) is 0 Å². The van der Waals surface area contributed by atoms with Gasteiger partial charge in [0.25, 0.3) is 0 Å². The first-order valence-corrected chi connectivity index (χ1v) is 10.2. The fourth-order valence-electron chi connectivity index (χ4n) is 3.40. The van der Waals surface area contributed by atoms with Gasteiger partial charge in [-0.3, -0.25) is 9.48 Å². The van der Waals surface area contributed by atoms with Gasteiger partial charge in [0, 0.05) is 13.1 Å². The third-order valence-electron chi connectivity index (χ3n) is 4.69. The molecular formula is C17H21N5O3S. The van der Waals surface area contributed by atoms with Crippen molar-refractivity contribution in [1.82, 2.24) is 25.1 Å². The summed E-state index contributed by atoms with van der Waals surface area (Å²) in [6, 6.07) is 7.92. The van der Waals surface area contributed by atoms with Crippen LogP contribution >= 0.6 is 0 Å². The summed E-state index contributed by atoms with van der Waals surface area (Å²) in [5.74, 6) is -0.343. The van der Waals surface area contributed by atoms with Gasteiger partial charge >= 0.3 is 0 Å². The van der Waals surface area contributed by atoms with Crippen LogP contribution in [0.3, 0.4) is 0 Å². The van der Waals surface area contributed by atoms with E-state index < -0.39 is 16.1 Å². The monoisotopic (exact) mass is 375 g/mol. The van der Waals surface area contributed by atoms with Gasteiger partial charge in [-0.2, -0.15) is 9.82 Å². The maximum absolute atomic E-state index is 12.5. The van der Waals surface area contributed by atoms with Gasteiger partial charge in [-0.25, -0.2) is 8.42 Å². The third-order valence-corrected chi connectivity index (χ3v) is 6.26. The molecule has 8 nitrogen and oxygen atoms in total. The highest BCUT2D eigenvalue weighted by Gasteiger charge is 2.33. The summed E-state index contributed by atoms with van der Waals surface area (Å²) in [5, 5.41) is 10.6. The predicted molar refractivity (Wildman–Crippen MR) is 94.7 cm³/mol. The molecule has 0 radical (unpaired) electrons. The molecule has 1 aromatic carbocycles. The van der Waals surface area contributed by atoms with Crippen LogP contribution < -0.4 is 15.4 Å². The first-order chi connectivity index (χ1) is 12.5. The molecular weight excluding hydrogens is 354 g/mol. The van der Waals surface area contributed by atoms with Crippen LogP contribution in [0.2, 0.25) is 0 Å². The summed E-state index contributed by atoms with van der Waals surface area (Å²) in [6.45, 7) is 2.87. The van der Waals surface area contributed by atoms with Crippen LogP contribution in [-0.4, -0.2) is 36.7 Å². The van der Waals surface area contributed by atoms with E-state index in [-0.39, 0.29) is 17.3 Å². The van der Waals surface area contributed by atoms with Gasteiger partial charge in [-0.15, -0.1) is 0 Å². The largest absolute Gasteiger partial charge is 0.349 e. The van der Waals surface area contributed by atoms with Gasteiger partial charge in [0.05, 0.1) is 22.8 Å². The zero-order valence-corrected chi connectivity index (χ0v) is 15.1. The van der Waals surface area contributed by atoms with E-state index in [0.717, 1.165) is 37.4 Å². The summed E-state index contributed by atoms with van der Waals surface area (Å²) in [5.41, 5.74) is 2.53. The van der Waals surface area contributed by atoms with Crippen molar-refractivity contribution >= 4 is 15.9 Å². The second-order valence-electron chi connectivity index (χ2n) is 6.58. The van der Waals surface area contributed by atoms with Crippen molar-refractivity contribution in [2.45, 2.75) is 43.4 Å². The van der Waals surface area contributed by atoms with Crippen molar-refractivity contribution in [3.05, 3.63) is 47.3 Å². The highest BCUT2D eigenvalue weighted by molar-refractivity contribution is 7.89. The van der Waals surface area contributed by atoms with E-state index in [0.29, 0.717) is 12.0 Å². The minimum Gasteiger partial charge on any atom is -0.349 e. The minimum absolute atomic E-state index is 0.245. The summed E-state index contributed by atoms with van der Waals surface area (Å²) in [6.07, 6.45) is 1.36. The summed E-state index contributed by atoms with van der Waals surface area (Å²) in [7, 11) is -3.66. The third kappa shape index (κ3) is 3.37. The molecule has 1 aromatic heterocycles. The van der Waals surface area contributed by atoms with Crippen LogP contribution in [-0.2, 0) is 40.9 Å². The first kappa shape index (κ1) is 17.2. The van der Waals surface area contributed by atoms with E-state index in [1.54, 1.807) is 24.3 Å². The van der Waals surface area contributed by atoms with Crippen molar-refractivity contribution in [3.63, 3.8) is 0 Å². The Morgan fingerprint density at radius 1 is 1.35 bits per heavy atom. The Morgan fingerprint density at radius 2 is 2.19 bits per heavy atom. The lowest BCUT2D eigenvalue weighted by atomic mass is 10.1. The Kier molecular flexibility index (Phi) is 4.51. The number of hydrogen-bond acceptors (Lipinski definition) is 5. The van der Waals surface area contributed by atoms with Gasteiger partial charge < -0.3 is 10.6 Å². The second kappa shape index (κ2) is 6.82. The molecule has 2 aromatic rings. The van der Waals surface area contributed by atoms with Crippen molar-refractivity contribution < 1.29 is 13.2 Å². The molecule has 1 unspecified atom stereocenters. The van der Waals surface area contributed by atoms with Gasteiger partial charge in [-0.1, -0.05) is 18.2 Å². The Balaban J connectivity index is 1.43. The van der Waals surface area contributed by atoms with Crippen LogP contribution in [0.1, 0.15) is 23.4 Å². The van der Waals surface area contributed by atoms with Crippen molar-refractivity contribution in [1.29, 1.82) is 0 Å². The van der Waals surface area contributed by atoms with Gasteiger partial charge in [0.15, 0.2) is 0 Å². The molecule has 1 atom stereocenters. The fourth-order valence-corrected chi connectivity index (χ4v) is 4.85. The molecule has 1 amide bonds. The van der Waals surface area contributed by atoms with E-state index >= 15 is 0 Å². The number of nitrogens with zero attached hydrogens (tertiary/aromatic N) is 2. The maximum Gasteiger partial charge on any atom is 0.241 e. The zero-order chi connectivity index (χ0) is 18.1. The molecule has 3 heterocycles. The fraction of sp³-hybridized carbons (Fsp3) is 0.412. The second-order valence-corrected chi connectivity index (χ2v) is 8.27. The Bertz CT molecular complexity index is 914. The number of aromatic nitrogens is 2. The van der Waals surface area contributed by atoms with Crippen molar-refractivity contribution in [2.24, 2.45) is 0 Å². The molecule has 2 aliphatic rings. The molecule has 9 heteroatoms. The van der Waals surface area contributed by atoms with E-state index in [1.807, 2.05) is 10.7 Å². The summed E-state index contributed by atoms with van der Waals surface area (Å²) >= 11 is 0. The predicted octanol–water partition coefficient (Wildman–Crippen LogP) is -0.104. The smallest absolute Gasteiger partial charge is 0.241 e. The van der Waals surface area contributed by atoms with Crippen LogP contribution in [0.15, 0.2) is 35.2 Å². The molecule has 0 bridgehead atoms. The number of aryl methyl sites for hydroxylation is 1. The lowest BCUT2D eigenvalue weighted by molar-refractivity contribution is -0.122. The number of amides is 1. The van der Waals surface area contributed by atoms with Gasteiger partial charge in [0.1, 0.15) is 6.04 Å². The molecule has 2 aliphatic heterocycles. The highest BCUT2D eigenvalue weighted by Crippen LogP contribution is 2.22. The number of fused-ring (bicyclic) bond motifs is 2. The Morgan fingerprint density at radius 3 is 3.08 bits per heavy atom. The topological polar surface area (TPSA) is 105 Å². The van der Waals surface area contributed by atoms with Gasteiger partial charge in [0.2, 0.25) is 15.9 Å². The number of benzene rings is 1. The molecule has 26 heavy (non-hydrogen) atoms. The summed E-state index contributed by atoms with van der Waals surface area (Å²) < 4.78 is 29.1. The van der Waals surface area contributed by atoms with Gasteiger partial charge in [-0.05, 0) is 37.1 Å². The first-order valence-electron chi connectivity index (χ1n) is 8.67. The standard InChI is InChI=1S/C17H21N5O3S/c23-17(15-8-12-4-1-2-5-16(12)26(24,25)21-15)19-10-13-9-14-11-18-6-3-7-22(14)20-13/h1-2,4-5,9,15,18,21H,3,6-8,10-11H2,(H,19,23). The molecule has 138 valence electrons. The molecule has 3 N–H and O–H groups in total. The average molecular weight is 375 g/mol. The Labute approximate surface area is 152 Å². The molecule has 0 saturated carbocycles. The van der Waals surface area contributed by atoms with E-state index in [9.17, 15) is 13.2 Å². The van der Waals surface area contributed by atoms with Crippen LogP contribution in [0.25, 0.3) is 0 Å². The average Bonchev–Trinajstić information content (AvgIpc) is 2.88. The number of carbonyl (C=O) groups is 1. The highest BCUT2D eigenvalue weighted by atomic mass is 32.2. The molecule has 0 aliphatic carbocycles. The minimum atomic E-state index is -3.66. The van der Waals surface area contributed by atoms with E-state index in [4.69, 9.17) is 0 Å². The lowest BCUT2D eigenvalue weighted by Gasteiger charge is -2.24.